The lowest BCUT2D eigenvalue weighted by atomic mass is 9.96. The molecule has 7 nitrogen and oxygen atoms in total. The minimum Gasteiger partial charge on any atom is -0.377 e. The molecule has 0 radical (unpaired) electrons. The first kappa shape index (κ1) is 16.5. The Morgan fingerprint density at radius 2 is 2.04 bits per heavy atom. The van der Waals surface area contributed by atoms with Crippen LogP contribution in [0.5, 0.6) is 0 Å². The number of likely N-dealkylation sites (tertiary alicyclic amines) is 1. The highest BCUT2D eigenvalue weighted by atomic mass is 16.5. The average molecular weight is 343 g/mol. The molecule has 2 aliphatic rings. The summed E-state index contributed by atoms with van der Waals surface area (Å²) in [7, 11) is 0. The van der Waals surface area contributed by atoms with Crippen LogP contribution in [0.2, 0.25) is 0 Å². The molecule has 4 rings (SSSR count). The molecule has 1 atom stereocenters. The summed E-state index contributed by atoms with van der Waals surface area (Å²) >= 11 is 0. The Balaban J connectivity index is 1.35. The van der Waals surface area contributed by atoms with E-state index in [9.17, 15) is 4.79 Å². The fourth-order valence-corrected chi connectivity index (χ4v) is 3.77. The Kier molecular flexibility index (Phi) is 4.94. The Bertz CT molecular complexity index is 728. The van der Waals surface area contributed by atoms with Crippen molar-refractivity contribution in [1.82, 2.24) is 24.5 Å². The predicted octanol–water partition coefficient (Wildman–Crippen LogP) is 1.32. The fourth-order valence-electron chi connectivity index (χ4n) is 3.77. The third kappa shape index (κ3) is 3.99. The molecule has 2 saturated heterocycles. The van der Waals surface area contributed by atoms with Gasteiger partial charge in [0.25, 0.3) is 5.56 Å². The van der Waals surface area contributed by atoms with E-state index in [1.807, 2.05) is 12.3 Å². The van der Waals surface area contributed by atoms with Crippen molar-refractivity contribution in [1.29, 1.82) is 0 Å². The van der Waals surface area contributed by atoms with E-state index in [1.54, 1.807) is 27.7 Å². The largest absolute Gasteiger partial charge is 0.377 e. The van der Waals surface area contributed by atoms with E-state index in [1.165, 1.54) is 12.8 Å². The second-order valence-corrected chi connectivity index (χ2v) is 7.04. The summed E-state index contributed by atoms with van der Waals surface area (Å²) in [6.45, 7) is 4.82. The molecule has 2 fully saturated rings. The number of nitrogens with zero attached hydrogens (tertiary/aromatic N) is 5. The van der Waals surface area contributed by atoms with Crippen LogP contribution in [-0.4, -0.2) is 56.8 Å². The zero-order valence-corrected chi connectivity index (χ0v) is 14.5. The highest BCUT2D eigenvalue weighted by Gasteiger charge is 2.24. The maximum absolute atomic E-state index is 12.2. The molecule has 25 heavy (non-hydrogen) atoms. The second-order valence-electron chi connectivity index (χ2n) is 7.04. The molecular weight excluding hydrogens is 318 g/mol. The summed E-state index contributed by atoms with van der Waals surface area (Å²) in [5.41, 5.74) is -0.0438. The number of aromatic nitrogens is 4. The van der Waals surface area contributed by atoms with Gasteiger partial charge in [-0.15, -0.1) is 5.10 Å². The molecule has 0 amide bonds. The van der Waals surface area contributed by atoms with E-state index in [0.717, 1.165) is 39.1 Å². The number of hydrogen-bond donors (Lipinski definition) is 0. The van der Waals surface area contributed by atoms with Gasteiger partial charge in [-0.3, -0.25) is 4.79 Å². The van der Waals surface area contributed by atoms with Crippen LogP contribution in [0.4, 0.5) is 0 Å². The van der Waals surface area contributed by atoms with Crippen molar-refractivity contribution in [3.8, 4) is 5.82 Å². The highest BCUT2D eigenvalue weighted by Crippen LogP contribution is 2.21. The van der Waals surface area contributed by atoms with Gasteiger partial charge in [0, 0.05) is 38.2 Å². The Morgan fingerprint density at radius 1 is 1.16 bits per heavy atom. The van der Waals surface area contributed by atoms with Crippen molar-refractivity contribution in [2.75, 3.05) is 26.2 Å². The summed E-state index contributed by atoms with van der Waals surface area (Å²) in [6.07, 6.45) is 8.56. The van der Waals surface area contributed by atoms with E-state index in [0.29, 0.717) is 24.4 Å². The smallest absolute Gasteiger partial charge is 0.266 e. The van der Waals surface area contributed by atoms with E-state index in [-0.39, 0.29) is 5.56 Å². The molecule has 2 aromatic heterocycles. The summed E-state index contributed by atoms with van der Waals surface area (Å²) in [6, 6.07) is 5.15. The minimum atomic E-state index is -0.0438. The van der Waals surface area contributed by atoms with Gasteiger partial charge in [-0.2, -0.15) is 5.10 Å². The van der Waals surface area contributed by atoms with Crippen LogP contribution >= 0.6 is 0 Å². The first-order chi connectivity index (χ1) is 12.3. The van der Waals surface area contributed by atoms with Crippen molar-refractivity contribution in [3.05, 3.63) is 40.9 Å². The molecule has 0 aromatic carbocycles. The Hall–Kier alpha value is -1.99. The summed E-state index contributed by atoms with van der Waals surface area (Å²) in [5, 5.41) is 8.67. The van der Waals surface area contributed by atoms with Crippen LogP contribution < -0.4 is 5.56 Å². The zero-order chi connectivity index (χ0) is 17.1. The molecule has 0 N–H and O–H groups in total. The molecule has 0 aliphatic carbocycles. The van der Waals surface area contributed by atoms with E-state index < -0.39 is 0 Å². The molecule has 2 aliphatic heterocycles. The summed E-state index contributed by atoms with van der Waals surface area (Å²) < 4.78 is 9.01. The average Bonchev–Trinajstić information content (AvgIpc) is 3.32. The van der Waals surface area contributed by atoms with Crippen molar-refractivity contribution >= 4 is 0 Å². The minimum absolute atomic E-state index is 0.0438. The van der Waals surface area contributed by atoms with Crippen molar-refractivity contribution in [2.45, 2.75) is 38.3 Å². The summed E-state index contributed by atoms with van der Waals surface area (Å²) in [5.74, 6) is 1.18. The number of piperidine rings is 1. The fraction of sp³-hybridized carbons (Fsp3) is 0.611. The van der Waals surface area contributed by atoms with Gasteiger partial charge < -0.3 is 9.64 Å². The third-order valence-electron chi connectivity index (χ3n) is 5.22. The normalized spacial score (nSPS) is 22.5. The topological polar surface area (TPSA) is 65.2 Å². The molecular formula is C18H25N5O2. The molecule has 0 spiro atoms. The molecule has 0 bridgehead atoms. The van der Waals surface area contributed by atoms with Gasteiger partial charge in [0.05, 0.1) is 6.10 Å². The van der Waals surface area contributed by atoms with Gasteiger partial charge in [0.15, 0.2) is 5.82 Å². The van der Waals surface area contributed by atoms with Crippen LogP contribution in [0.3, 0.4) is 0 Å². The maximum Gasteiger partial charge on any atom is 0.266 e. The molecule has 0 saturated carbocycles. The predicted molar refractivity (Wildman–Crippen MR) is 93.8 cm³/mol. The SMILES string of the molecule is O=c1ccc(-n2cccn2)nn1CC1CCN(CC2CCCO2)CC1. The van der Waals surface area contributed by atoms with E-state index in [2.05, 4.69) is 15.1 Å². The van der Waals surface area contributed by atoms with Gasteiger partial charge in [-0.1, -0.05) is 0 Å². The lowest BCUT2D eigenvalue weighted by Crippen LogP contribution is -2.40. The van der Waals surface area contributed by atoms with Gasteiger partial charge in [0.1, 0.15) is 0 Å². The van der Waals surface area contributed by atoms with Gasteiger partial charge >= 0.3 is 0 Å². The first-order valence-corrected chi connectivity index (χ1v) is 9.20. The van der Waals surface area contributed by atoms with Crippen LogP contribution in [0.25, 0.3) is 5.82 Å². The quantitative estimate of drug-likeness (QED) is 0.819. The Labute approximate surface area is 147 Å². The molecule has 2 aromatic rings. The third-order valence-corrected chi connectivity index (χ3v) is 5.22. The first-order valence-electron chi connectivity index (χ1n) is 9.20. The number of rotatable bonds is 5. The monoisotopic (exact) mass is 343 g/mol. The van der Waals surface area contributed by atoms with Gasteiger partial charge in [0.2, 0.25) is 0 Å². The van der Waals surface area contributed by atoms with Crippen LogP contribution in [0.1, 0.15) is 25.7 Å². The van der Waals surface area contributed by atoms with Crippen molar-refractivity contribution in [2.24, 2.45) is 5.92 Å². The Morgan fingerprint density at radius 3 is 2.76 bits per heavy atom. The molecule has 7 heteroatoms. The van der Waals surface area contributed by atoms with Crippen molar-refractivity contribution < 1.29 is 4.74 Å². The maximum atomic E-state index is 12.2. The van der Waals surface area contributed by atoms with E-state index in [4.69, 9.17) is 4.74 Å². The standard InChI is InChI=1S/C18H25N5O2/c24-18-5-4-17(22-9-2-8-19-22)20-23(18)13-15-6-10-21(11-7-15)14-16-3-1-12-25-16/h2,4-5,8-9,15-16H,1,3,6-7,10-14H2. The summed E-state index contributed by atoms with van der Waals surface area (Å²) in [4.78, 5) is 14.7. The van der Waals surface area contributed by atoms with Gasteiger partial charge in [-0.25, -0.2) is 9.36 Å². The van der Waals surface area contributed by atoms with Crippen molar-refractivity contribution in [3.63, 3.8) is 0 Å². The van der Waals surface area contributed by atoms with Gasteiger partial charge in [-0.05, 0) is 56.8 Å². The second kappa shape index (κ2) is 7.49. The number of hydrogen-bond acceptors (Lipinski definition) is 5. The molecule has 134 valence electrons. The highest BCUT2D eigenvalue weighted by molar-refractivity contribution is 5.17. The zero-order valence-electron chi connectivity index (χ0n) is 14.5. The molecule has 1 unspecified atom stereocenters. The lowest BCUT2D eigenvalue weighted by Gasteiger charge is -2.33. The van der Waals surface area contributed by atoms with E-state index >= 15 is 0 Å². The lowest BCUT2D eigenvalue weighted by molar-refractivity contribution is 0.0579. The number of ether oxygens (including phenoxy) is 1. The van der Waals surface area contributed by atoms with Crippen LogP contribution in [0.15, 0.2) is 35.4 Å². The van der Waals surface area contributed by atoms with Crippen LogP contribution in [-0.2, 0) is 11.3 Å². The molecule has 4 heterocycles. The van der Waals surface area contributed by atoms with Crippen LogP contribution in [0, 0.1) is 5.92 Å².